The molecule has 2 unspecified atom stereocenters. The lowest BCUT2D eigenvalue weighted by Crippen LogP contribution is -2.38. The Morgan fingerprint density at radius 3 is 2.80 bits per heavy atom. The summed E-state index contributed by atoms with van der Waals surface area (Å²) in [7, 11) is 0. The smallest absolute Gasteiger partial charge is 0.0800 e. The Kier molecular flexibility index (Phi) is 3.74. The van der Waals surface area contributed by atoms with Crippen molar-refractivity contribution in [2.24, 2.45) is 5.92 Å². The van der Waals surface area contributed by atoms with Crippen LogP contribution in [0.2, 0.25) is 0 Å². The van der Waals surface area contributed by atoms with E-state index in [0.717, 1.165) is 12.8 Å². The highest BCUT2D eigenvalue weighted by Gasteiger charge is 2.33. The average Bonchev–Trinajstić information content (AvgIpc) is 2.14. The van der Waals surface area contributed by atoms with E-state index in [9.17, 15) is 5.11 Å². The second kappa shape index (κ2) is 4.50. The van der Waals surface area contributed by atoms with E-state index in [1.165, 1.54) is 0 Å². The van der Waals surface area contributed by atoms with Gasteiger partial charge in [-0.05, 0) is 33.6 Å². The Balaban J connectivity index is 2.61. The molecule has 2 nitrogen and oxygen atoms in total. The second-order valence-electron chi connectivity index (χ2n) is 5.06. The van der Waals surface area contributed by atoms with E-state index in [0.29, 0.717) is 12.5 Å². The predicted octanol–water partition coefficient (Wildman–Crippen LogP) is 2.68. The Morgan fingerprint density at radius 1 is 1.67 bits per heavy atom. The number of hydrogen-bond acceptors (Lipinski definition) is 2. The van der Waals surface area contributed by atoms with Gasteiger partial charge < -0.3 is 9.84 Å². The van der Waals surface area contributed by atoms with Gasteiger partial charge in [-0.25, -0.2) is 0 Å². The Hall–Kier alpha value is -0.600. The molecule has 0 bridgehead atoms. The average molecular weight is 210 g/mol. The first-order chi connectivity index (χ1) is 6.87. The quantitative estimate of drug-likeness (QED) is 0.723. The van der Waals surface area contributed by atoms with Gasteiger partial charge in [-0.2, -0.15) is 0 Å². The fourth-order valence-electron chi connectivity index (χ4n) is 1.91. The van der Waals surface area contributed by atoms with E-state index >= 15 is 0 Å². The highest BCUT2D eigenvalue weighted by molar-refractivity contribution is 5.09. The molecule has 0 radical (unpaired) electrons. The van der Waals surface area contributed by atoms with Gasteiger partial charge >= 0.3 is 0 Å². The number of ether oxygens (including phenoxy) is 1. The van der Waals surface area contributed by atoms with Crippen LogP contribution in [0.3, 0.4) is 0 Å². The first-order valence-corrected chi connectivity index (χ1v) is 5.54. The fraction of sp³-hybridized carbons (Fsp3) is 0.692. The van der Waals surface area contributed by atoms with E-state index < -0.39 is 5.60 Å². The molecule has 15 heavy (non-hydrogen) atoms. The summed E-state index contributed by atoms with van der Waals surface area (Å²) in [6.07, 6.45) is 7.50. The summed E-state index contributed by atoms with van der Waals surface area (Å²) in [4.78, 5) is 0. The second-order valence-corrected chi connectivity index (χ2v) is 5.06. The molecule has 1 rings (SSSR count). The minimum atomic E-state index is -0.634. The summed E-state index contributed by atoms with van der Waals surface area (Å²) < 4.78 is 5.74. The molecule has 1 aliphatic carbocycles. The molecule has 1 N–H and O–H groups in total. The molecule has 0 aromatic carbocycles. The molecule has 2 heteroatoms. The lowest BCUT2D eigenvalue weighted by Gasteiger charge is -2.37. The first kappa shape index (κ1) is 12.5. The van der Waals surface area contributed by atoms with Crippen LogP contribution in [0.4, 0.5) is 0 Å². The van der Waals surface area contributed by atoms with Gasteiger partial charge in [0, 0.05) is 5.92 Å². The zero-order valence-electron chi connectivity index (χ0n) is 9.99. The molecule has 86 valence electrons. The molecule has 2 atom stereocenters. The van der Waals surface area contributed by atoms with Crippen LogP contribution in [0.25, 0.3) is 0 Å². The normalized spacial score (nSPS) is 31.6. The van der Waals surface area contributed by atoms with Crippen molar-refractivity contribution < 1.29 is 9.84 Å². The van der Waals surface area contributed by atoms with Crippen molar-refractivity contribution in [3.8, 4) is 0 Å². The van der Waals surface area contributed by atoms with Crippen LogP contribution in [0.15, 0.2) is 24.8 Å². The summed E-state index contributed by atoms with van der Waals surface area (Å²) in [5, 5.41) is 9.79. The molecule has 0 fully saturated rings. The summed E-state index contributed by atoms with van der Waals surface area (Å²) in [5.74, 6) is 0.373. The van der Waals surface area contributed by atoms with Gasteiger partial charge in [0.25, 0.3) is 0 Å². The maximum atomic E-state index is 9.79. The minimum absolute atomic E-state index is 0.179. The molecule has 0 saturated carbocycles. The topological polar surface area (TPSA) is 29.5 Å². The lowest BCUT2D eigenvalue weighted by molar-refractivity contribution is -0.0441. The van der Waals surface area contributed by atoms with Gasteiger partial charge in [0.1, 0.15) is 0 Å². The van der Waals surface area contributed by atoms with Crippen molar-refractivity contribution in [1.29, 1.82) is 0 Å². The highest BCUT2D eigenvalue weighted by Crippen LogP contribution is 2.34. The number of hydrogen-bond donors (Lipinski definition) is 1. The minimum Gasteiger partial charge on any atom is -0.386 e. The van der Waals surface area contributed by atoms with Crippen LogP contribution in [0.5, 0.6) is 0 Å². The predicted molar refractivity (Wildman–Crippen MR) is 62.7 cm³/mol. The van der Waals surface area contributed by atoms with Crippen LogP contribution in [0.1, 0.15) is 33.6 Å². The van der Waals surface area contributed by atoms with Gasteiger partial charge in [-0.3, -0.25) is 0 Å². The van der Waals surface area contributed by atoms with Crippen LogP contribution in [-0.2, 0) is 4.74 Å². The van der Waals surface area contributed by atoms with Crippen molar-refractivity contribution in [2.45, 2.75) is 44.8 Å². The van der Waals surface area contributed by atoms with Gasteiger partial charge in [-0.15, -0.1) is 6.58 Å². The van der Waals surface area contributed by atoms with Crippen molar-refractivity contribution >= 4 is 0 Å². The molecule has 0 amide bonds. The van der Waals surface area contributed by atoms with Gasteiger partial charge in [0.2, 0.25) is 0 Å². The summed E-state index contributed by atoms with van der Waals surface area (Å²) in [5.41, 5.74) is -0.813. The van der Waals surface area contributed by atoms with E-state index in [4.69, 9.17) is 4.74 Å². The molecule has 0 aromatic heterocycles. The zero-order valence-corrected chi connectivity index (χ0v) is 9.99. The summed E-state index contributed by atoms with van der Waals surface area (Å²) in [6, 6.07) is 0. The van der Waals surface area contributed by atoms with Gasteiger partial charge in [0.05, 0.1) is 17.8 Å². The third-order valence-electron chi connectivity index (χ3n) is 3.12. The third-order valence-corrected chi connectivity index (χ3v) is 3.12. The maximum absolute atomic E-state index is 9.79. The molecule has 0 heterocycles. The van der Waals surface area contributed by atoms with Crippen LogP contribution >= 0.6 is 0 Å². The van der Waals surface area contributed by atoms with E-state index in [1.807, 2.05) is 13.0 Å². The Morgan fingerprint density at radius 2 is 2.33 bits per heavy atom. The summed E-state index contributed by atoms with van der Waals surface area (Å²) >= 11 is 0. The third kappa shape index (κ3) is 3.47. The fourth-order valence-corrected chi connectivity index (χ4v) is 1.91. The van der Waals surface area contributed by atoms with E-state index in [-0.39, 0.29) is 5.60 Å². The Bertz CT molecular complexity index is 251. The first-order valence-electron chi connectivity index (χ1n) is 5.54. The van der Waals surface area contributed by atoms with Crippen molar-refractivity contribution in [3.63, 3.8) is 0 Å². The highest BCUT2D eigenvalue weighted by atomic mass is 16.5. The monoisotopic (exact) mass is 210 g/mol. The number of rotatable bonds is 4. The molecular weight excluding hydrogens is 188 g/mol. The standard InChI is InChI=1S/C13H22O2/c1-5-10-15-12(2,3)11-6-8-13(4,14)9-7-11/h5-6,8,11,14H,1,7,9-10H2,2-4H3. The van der Waals surface area contributed by atoms with Crippen molar-refractivity contribution in [3.05, 3.63) is 24.8 Å². The maximum Gasteiger partial charge on any atom is 0.0800 e. The molecular formula is C13H22O2. The van der Waals surface area contributed by atoms with Crippen LogP contribution in [-0.4, -0.2) is 22.9 Å². The van der Waals surface area contributed by atoms with Crippen molar-refractivity contribution in [2.75, 3.05) is 6.61 Å². The van der Waals surface area contributed by atoms with Crippen molar-refractivity contribution in [1.82, 2.24) is 0 Å². The Labute approximate surface area is 92.6 Å². The van der Waals surface area contributed by atoms with Crippen LogP contribution < -0.4 is 0 Å². The van der Waals surface area contributed by atoms with Gasteiger partial charge in [0.15, 0.2) is 0 Å². The zero-order chi connectivity index (χ0) is 11.5. The van der Waals surface area contributed by atoms with Gasteiger partial charge in [-0.1, -0.05) is 18.2 Å². The molecule has 0 saturated heterocycles. The molecule has 0 aliphatic heterocycles. The van der Waals surface area contributed by atoms with E-state index in [1.54, 1.807) is 6.08 Å². The number of aliphatic hydroxyl groups is 1. The van der Waals surface area contributed by atoms with E-state index in [2.05, 4.69) is 26.5 Å². The largest absolute Gasteiger partial charge is 0.386 e. The molecule has 0 spiro atoms. The lowest BCUT2D eigenvalue weighted by atomic mass is 9.78. The molecule has 1 aliphatic rings. The summed E-state index contributed by atoms with van der Waals surface area (Å²) in [6.45, 7) is 10.2. The van der Waals surface area contributed by atoms with Crippen LogP contribution in [0, 0.1) is 5.92 Å². The SMILES string of the molecule is C=CCOC(C)(C)C1C=CC(C)(O)CC1. The molecule has 0 aromatic rings.